The second-order valence-electron chi connectivity index (χ2n) is 4.00. The summed E-state index contributed by atoms with van der Waals surface area (Å²) in [4.78, 5) is 17.7. The van der Waals surface area contributed by atoms with Crippen molar-refractivity contribution >= 4 is 5.97 Å². The van der Waals surface area contributed by atoms with E-state index in [9.17, 15) is 4.79 Å². The summed E-state index contributed by atoms with van der Waals surface area (Å²) in [5.74, 6) is 0.113. The van der Waals surface area contributed by atoms with Crippen molar-refractivity contribution in [1.29, 1.82) is 0 Å². The van der Waals surface area contributed by atoms with Crippen LogP contribution in [-0.2, 0) is 11.2 Å². The SMILES string of the molecule is CC(CC(=O)O)Cc1nc(-c2ccc[nH]2)no1. The molecule has 1 unspecified atom stereocenters. The van der Waals surface area contributed by atoms with Crippen LogP contribution in [0.2, 0.25) is 0 Å². The fourth-order valence-corrected chi connectivity index (χ4v) is 1.58. The lowest BCUT2D eigenvalue weighted by atomic mass is 10.0. The smallest absolute Gasteiger partial charge is 0.303 e. The number of rotatable bonds is 5. The summed E-state index contributed by atoms with van der Waals surface area (Å²) in [5, 5.41) is 12.5. The van der Waals surface area contributed by atoms with Gasteiger partial charge in [0.15, 0.2) is 0 Å². The quantitative estimate of drug-likeness (QED) is 0.823. The monoisotopic (exact) mass is 235 g/mol. The van der Waals surface area contributed by atoms with Crippen LogP contribution >= 0.6 is 0 Å². The molecule has 17 heavy (non-hydrogen) atoms. The second-order valence-corrected chi connectivity index (χ2v) is 4.00. The molecule has 0 saturated heterocycles. The van der Waals surface area contributed by atoms with Gasteiger partial charge in [0.05, 0.1) is 5.69 Å². The van der Waals surface area contributed by atoms with E-state index < -0.39 is 5.97 Å². The Hall–Kier alpha value is -2.11. The van der Waals surface area contributed by atoms with E-state index in [4.69, 9.17) is 9.63 Å². The van der Waals surface area contributed by atoms with Gasteiger partial charge in [0.25, 0.3) is 0 Å². The van der Waals surface area contributed by atoms with E-state index in [1.807, 2.05) is 19.1 Å². The molecule has 6 heteroatoms. The van der Waals surface area contributed by atoms with E-state index in [0.29, 0.717) is 18.1 Å². The molecule has 6 nitrogen and oxygen atoms in total. The highest BCUT2D eigenvalue weighted by molar-refractivity contribution is 5.66. The molecule has 2 heterocycles. The molecule has 0 spiro atoms. The van der Waals surface area contributed by atoms with Gasteiger partial charge in [-0.1, -0.05) is 12.1 Å². The van der Waals surface area contributed by atoms with Gasteiger partial charge in [0.2, 0.25) is 11.7 Å². The maximum Gasteiger partial charge on any atom is 0.303 e. The molecule has 0 aliphatic rings. The van der Waals surface area contributed by atoms with Crippen LogP contribution in [0.15, 0.2) is 22.9 Å². The first kappa shape index (κ1) is 11.4. The van der Waals surface area contributed by atoms with E-state index in [-0.39, 0.29) is 12.3 Å². The number of nitrogens with one attached hydrogen (secondary N) is 1. The number of hydrogen-bond acceptors (Lipinski definition) is 4. The van der Waals surface area contributed by atoms with Crippen LogP contribution < -0.4 is 0 Å². The number of carboxylic acids is 1. The molecule has 2 rings (SSSR count). The first-order chi connectivity index (χ1) is 8.15. The molecule has 90 valence electrons. The summed E-state index contributed by atoms with van der Waals surface area (Å²) in [7, 11) is 0. The van der Waals surface area contributed by atoms with Crippen LogP contribution in [0.1, 0.15) is 19.2 Å². The summed E-state index contributed by atoms with van der Waals surface area (Å²) < 4.78 is 5.07. The molecule has 0 amide bonds. The summed E-state index contributed by atoms with van der Waals surface area (Å²) in [6.07, 6.45) is 2.35. The van der Waals surface area contributed by atoms with Crippen LogP contribution in [0.5, 0.6) is 0 Å². The normalized spacial score (nSPS) is 12.5. The fraction of sp³-hybridized carbons (Fsp3) is 0.364. The van der Waals surface area contributed by atoms with E-state index in [0.717, 1.165) is 5.69 Å². The van der Waals surface area contributed by atoms with Gasteiger partial charge >= 0.3 is 5.97 Å². The zero-order chi connectivity index (χ0) is 12.3. The van der Waals surface area contributed by atoms with E-state index in [1.54, 1.807) is 6.20 Å². The number of aromatic amines is 1. The molecule has 0 radical (unpaired) electrons. The van der Waals surface area contributed by atoms with E-state index in [1.165, 1.54) is 0 Å². The largest absolute Gasteiger partial charge is 0.481 e. The minimum atomic E-state index is -0.818. The minimum Gasteiger partial charge on any atom is -0.481 e. The highest BCUT2D eigenvalue weighted by atomic mass is 16.5. The first-order valence-electron chi connectivity index (χ1n) is 5.33. The predicted octanol–water partition coefficient (Wildman–Crippen LogP) is 1.72. The number of aromatic nitrogens is 3. The average molecular weight is 235 g/mol. The highest BCUT2D eigenvalue weighted by Crippen LogP contribution is 2.15. The molecular formula is C11H13N3O3. The Kier molecular flexibility index (Phi) is 3.22. The Morgan fingerprint density at radius 2 is 2.47 bits per heavy atom. The van der Waals surface area contributed by atoms with Crippen molar-refractivity contribution in [3.05, 3.63) is 24.2 Å². The third-order valence-electron chi connectivity index (χ3n) is 2.35. The lowest BCUT2D eigenvalue weighted by Gasteiger charge is -2.02. The second kappa shape index (κ2) is 4.82. The molecule has 2 aromatic heterocycles. The average Bonchev–Trinajstić information content (AvgIpc) is 2.84. The van der Waals surface area contributed by atoms with Crippen LogP contribution in [0.3, 0.4) is 0 Å². The molecule has 0 bridgehead atoms. The van der Waals surface area contributed by atoms with Gasteiger partial charge in [-0.3, -0.25) is 4.79 Å². The van der Waals surface area contributed by atoms with E-state index >= 15 is 0 Å². The number of carbonyl (C=O) groups is 1. The van der Waals surface area contributed by atoms with Crippen LogP contribution in [0, 0.1) is 5.92 Å². The molecule has 1 atom stereocenters. The Bertz CT molecular complexity index is 490. The molecule has 2 aromatic rings. The predicted molar refractivity (Wildman–Crippen MR) is 59.2 cm³/mol. The van der Waals surface area contributed by atoms with Crippen molar-refractivity contribution in [2.75, 3.05) is 0 Å². The number of carboxylic acid groups (broad SMARTS) is 1. The summed E-state index contributed by atoms with van der Waals surface area (Å²) >= 11 is 0. The molecule has 0 aliphatic carbocycles. The summed E-state index contributed by atoms with van der Waals surface area (Å²) in [6, 6.07) is 3.69. The van der Waals surface area contributed by atoms with Gasteiger partial charge in [-0.25, -0.2) is 0 Å². The summed E-state index contributed by atoms with van der Waals surface area (Å²) in [5.41, 5.74) is 0.783. The molecule has 2 N–H and O–H groups in total. The third kappa shape index (κ3) is 2.93. The Labute approximate surface area is 97.7 Å². The number of hydrogen-bond donors (Lipinski definition) is 2. The first-order valence-corrected chi connectivity index (χ1v) is 5.33. The van der Waals surface area contributed by atoms with Crippen molar-refractivity contribution in [3.8, 4) is 11.5 Å². The van der Waals surface area contributed by atoms with Crippen molar-refractivity contribution in [1.82, 2.24) is 15.1 Å². The zero-order valence-electron chi connectivity index (χ0n) is 9.38. The van der Waals surface area contributed by atoms with Gasteiger partial charge in [0.1, 0.15) is 0 Å². The van der Waals surface area contributed by atoms with E-state index in [2.05, 4.69) is 15.1 Å². The minimum absolute atomic E-state index is 0.0237. The lowest BCUT2D eigenvalue weighted by Crippen LogP contribution is -2.07. The number of H-pyrrole nitrogens is 1. The Balaban J connectivity index is 2.01. The standard InChI is InChI=1S/C11H13N3O3/c1-7(6-10(15)16)5-9-13-11(14-17-9)8-3-2-4-12-8/h2-4,7,12H,5-6H2,1H3,(H,15,16). The van der Waals surface area contributed by atoms with Gasteiger partial charge in [-0.15, -0.1) is 0 Å². The van der Waals surface area contributed by atoms with Crippen molar-refractivity contribution in [2.45, 2.75) is 19.8 Å². The van der Waals surface area contributed by atoms with Gasteiger partial charge in [-0.2, -0.15) is 4.98 Å². The number of nitrogens with zero attached hydrogens (tertiary/aromatic N) is 2. The molecule has 0 fully saturated rings. The Morgan fingerprint density at radius 3 is 3.12 bits per heavy atom. The topological polar surface area (TPSA) is 92.0 Å². The van der Waals surface area contributed by atoms with Crippen LogP contribution in [0.25, 0.3) is 11.5 Å². The van der Waals surface area contributed by atoms with Gasteiger partial charge < -0.3 is 14.6 Å². The number of aliphatic carboxylic acids is 1. The lowest BCUT2D eigenvalue weighted by molar-refractivity contribution is -0.137. The van der Waals surface area contributed by atoms with Gasteiger partial charge in [0, 0.05) is 19.0 Å². The summed E-state index contributed by atoms with van der Waals surface area (Å²) in [6.45, 7) is 1.84. The van der Waals surface area contributed by atoms with Gasteiger partial charge in [-0.05, 0) is 18.1 Å². The maximum atomic E-state index is 10.5. The maximum absolute atomic E-state index is 10.5. The molecular weight excluding hydrogens is 222 g/mol. The zero-order valence-corrected chi connectivity index (χ0v) is 9.38. The fourth-order valence-electron chi connectivity index (χ4n) is 1.58. The highest BCUT2D eigenvalue weighted by Gasteiger charge is 2.14. The van der Waals surface area contributed by atoms with Crippen LogP contribution in [0.4, 0.5) is 0 Å². The van der Waals surface area contributed by atoms with Crippen molar-refractivity contribution in [2.24, 2.45) is 5.92 Å². The molecule has 0 aliphatic heterocycles. The molecule has 0 saturated carbocycles. The van der Waals surface area contributed by atoms with Crippen molar-refractivity contribution < 1.29 is 14.4 Å². The van der Waals surface area contributed by atoms with Crippen molar-refractivity contribution in [3.63, 3.8) is 0 Å². The molecule has 0 aromatic carbocycles. The Morgan fingerprint density at radius 1 is 1.65 bits per heavy atom. The van der Waals surface area contributed by atoms with Crippen LogP contribution in [-0.4, -0.2) is 26.2 Å². The third-order valence-corrected chi connectivity index (χ3v) is 2.35.